The van der Waals surface area contributed by atoms with Crippen molar-refractivity contribution in [3.05, 3.63) is 77.1 Å². The van der Waals surface area contributed by atoms with Gasteiger partial charge in [0.2, 0.25) is 0 Å². The van der Waals surface area contributed by atoms with E-state index in [9.17, 15) is 9.18 Å². The molecular weight excluding hydrogens is 341 g/mol. The van der Waals surface area contributed by atoms with E-state index in [1.165, 1.54) is 23.3 Å². The van der Waals surface area contributed by atoms with Gasteiger partial charge in [0.15, 0.2) is 0 Å². The zero-order valence-electron chi connectivity index (χ0n) is 16.0. The molecule has 2 aromatic carbocycles. The number of esters is 1. The highest BCUT2D eigenvalue weighted by Crippen LogP contribution is 2.32. The standard InChI is InChI=1S/C23H26FNO2/c1-3-27-23(26)17(2)25-15-13-20(14-16-25)22(18-7-5-4-6-8-18)19-9-11-21(24)12-10-19/h4-12,17H,3,13-16H2,1-2H3. The minimum atomic E-state index is -0.228. The van der Waals surface area contributed by atoms with Crippen molar-refractivity contribution in [2.45, 2.75) is 32.7 Å². The lowest BCUT2D eigenvalue weighted by Gasteiger charge is -2.33. The first kappa shape index (κ1) is 19.3. The summed E-state index contributed by atoms with van der Waals surface area (Å²) < 4.78 is 18.6. The van der Waals surface area contributed by atoms with Crippen LogP contribution in [0.1, 0.15) is 37.8 Å². The lowest BCUT2D eigenvalue weighted by molar-refractivity contribution is -0.149. The highest BCUT2D eigenvalue weighted by Gasteiger charge is 2.26. The van der Waals surface area contributed by atoms with E-state index in [0.29, 0.717) is 6.61 Å². The molecule has 1 heterocycles. The second-order valence-electron chi connectivity index (χ2n) is 6.82. The van der Waals surface area contributed by atoms with Gasteiger partial charge in [-0.1, -0.05) is 48.0 Å². The van der Waals surface area contributed by atoms with Crippen molar-refractivity contribution in [3.63, 3.8) is 0 Å². The lowest BCUT2D eigenvalue weighted by atomic mass is 9.88. The van der Waals surface area contributed by atoms with Crippen LogP contribution in [-0.4, -0.2) is 36.6 Å². The minimum Gasteiger partial charge on any atom is -0.465 e. The molecule has 0 saturated carbocycles. The highest BCUT2D eigenvalue weighted by molar-refractivity contribution is 5.82. The number of hydrogen-bond donors (Lipinski definition) is 0. The number of nitrogens with zero attached hydrogens (tertiary/aromatic N) is 1. The maximum absolute atomic E-state index is 13.4. The van der Waals surface area contributed by atoms with Crippen LogP contribution in [0.25, 0.3) is 5.57 Å². The molecule has 1 saturated heterocycles. The van der Waals surface area contributed by atoms with Crippen LogP contribution >= 0.6 is 0 Å². The summed E-state index contributed by atoms with van der Waals surface area (Å²) in [5.74, 6) is -0.388. The molecule has 0 bridgehead atoms. The van der Waals surface area contributed by atoms with E-state index in [2.05, 4.69) is 17.0 Å². The number of hydrogen-bond acceptors (Lipinski definition) is 3. The quantitative estimate of drug-likeness (QED) is 0.719. The van der Waals surface area contributed by atoms with Crippen LogP contribution in [0.15, 0.2) is 60.2 Å². The Balaban J connectivity index is 1.86. The second-order valence-corrected chi connectivity index (χ2v) is 6.82. The molecule has 0 amide bonds. The van der Waals surface area contributed by atoms with Crippen LogP contribution in [-0.2, 0) is 9.53 Å². The maximum atomic E-state index is 13.4. The Bertz CT molecular complexity index is 789. The molecule has 3 nitrogen and oxygen atoms in total. The van der Waals surface area contributed by atoms with E-state index < -0.39 is 0 Å². The first-order valence-corrected chi connectivity index (χ1v) is 9.54. The zero-order chi connectivity index (χ0) is 19.2. The van der Waals surface area contributed by atoms with Crippen LogP contribution in [0.4, 0.5) is 4.39 Å². The van der Waals surface area contributed by atoms with E-state index in [4.69, 9.17) is 4.74 Å². The predicted octanol–water partition coefficient (Wildman–Crippen LogP) is 4.68. The summed E-state index contributed by atoms with van der Waals surface area (Å²) in [6.07, 6.45) is 1.76. The topological polar surface area (TPSA) is 29.5 Å². The SMILES string of the molecule is CCOC(=O)C(C)N1CCC(=C(c2ccccc2)c2ccc(F)cc2)CC1. The predicted molar refractivity (Wildman–Crippen MR) is 106 cm³/mol. The second kappa shape index (κ2) is 8.96. The zero-order valence-corrected chi connectivity index (χ0v) is 16.0. The Hall–Kier alpha value is -2.46. The number of halogens is 1. The van der Waals surface area contributed by atoms with Crippen molar-refractivity contribution in [2.24, 2.45) is 0 Å². The molecule has 0 radical (unpaired) electrons. The molecule has 0 aromatic heterocycles. The van der Waals surface area contributed by atoms with Crippen molar-refractivity contribution in [2.75, 3.05) is 19.7 Å². The Morgan fingerprint density at radius 3 is 2.22 bits per heavy atom. The normalized spacial score (nSPS) is 16.0. The third kappa shape index (κ3) is 4.64. The van der Waals surface area contributed by atoms with Crippen molar-refractivity contribution >= 4 is 11.5 Å². The summed E-state index contributed by atoms with van der Waals surface area (Å²) in [7, 11) is 0. The van der Waals surface area contributed by atoms with Gasteiger partial charge in [-0.15, -0.1) is 0 Å². The fourth-order valence-corrected chi connectivity index (χ4v) is 3.64. The number of likely N-dealkylation sites (tertiary alicyclic amines) is 1. The molecule has 1 unspecified atom stereocenters. The van der Waals surface area contributed by atoms with Gasteiger partial charge in [0.1, 0.15) is 11.9 Å². The van der Waals surface area contributed by atoms with Crippen molar-refractivity contribution in [1.29, 1.82) is 0 Å². The largest absolute Gasteiger partial charge is 0.465 e. The van der Waals surface area contributed by atoms with Gasteiger partial charge in [-0.3, -0.25) is 9.69 Å². The Labute approximate surface area is 160 Å². The van der Waals surface area contributed by atoms with Crippen molar-refractivity contribution < 1.29 is 13.9 Å². The molecule has 142 valence electrons. The Morgan fingerprint density at radius 1 is 1.04 bits per heavy atom. The van der Waals surface area contributed by atoms with E-state index in [-0.39, 0.29) is 17.8 Å². The average molecular weight is 367 g/mol. The molecule has 1 aliphatic rings. The molecule has 1 atom stereocenters. The molecule has 3 rings (SSSR count). The molecule has 1 aliphatic heterocycles. The Kier molecular flexibility index (Phi) is 6.40. The third-order valence-corrected chi connectivity index (χ3v) is 5.13. The third-order valence-electron chi connectivity index (χ3n) is 5.13. The highest BCUT2D eigenvalue weighted by atomic mass is 19.1. The first-order valence-electron chi connectivity index (χ1n) is 9.54. The summed E-state index contributed by atoms with van der Waals surface area (Å²) in [6, 6.07) is 16.7. The monoisotopic (exact) mass is 367 g/mol. The number of rotatable bonds is 5. The molecule has 0 aliphatic carbocycles. The van der Waals surface area contributed by atoms with E-state index in [1.807, 2.05) is 44.2 Å². The number of carbonyl (C=O) groups excluding carboxylic acids is 1. The molecule has 27 heavy (non-hydrogen) atoms. The van der Waals surface area contributed by atoms with Crippen LogP contribution in [0.5, 0.6) is 0 Å². The molecule has 0 N–H and O–H groups in total. The maximum Gasteiger partial charge on any atom is 0.323 e. The van der Waals surface area contributed by atoms with Crippen LogP contribution < -0.4 is 0 Å². The minimum absolute atomic E-state index is 0.160. The lowest BCUT2D eigenvalue weighted by Crippen LogP contribution is -2.43. The summed E-state index contributed by atoms with van der Waals surface area (Å²) >= 11 is 0. The van der Waals surface area contributed by atoms with E-state index >= 15 is 0 Å². The van der Waals surface area contributed by atoms with Gasteiger partial charge in [0.25, 0.3) is 0 Å². The summed E-state index contributed by atoms with van der Waals surface area (Å²) in [6.45, 7) is 5.77. The number of benzene rings is 2. The number of piperidine rings is 1. The Morgan fingerprint density at radius 2 is 1.63 bits per heavy atom. The van der Waals surface area contributed by atoms with Gasteiger partial charge in [0.05, 0.1) is 6.61 Å². The molecule has 1 fully saturated rings. The molecular formula is C23H26FNO2. The molecule has 2 aromatic rings. The average Bonchev–Trinajstić information content (AvgIpc) is 2.71. The van der Waals surface area contributed by atoms with E-state index in [1.54, 1.807) is 0 Å². The van der Waals surface area contributed by atoms with Gasteiger partial charge in [0, 0.05) is 13.1 Å². The summed E-state index contributed by atoms with van der Waals surface area (Å²) in [4.78, 5) is 14.2. The van der Waals surface area contributed by atoms with Crippen LogP contribution in [0.2, 0.25) is 0 Å². The summed E-state index contributed by atoms with van der Waals surface area (Å²) in [5.41, 5.74) is 4.70. The number of ether oxygens (including phenoxy) is 1. The van der Waals surface area contributed by atoms with Gasteiger partial charge >= 0.3 is 5.97 Å². The van der Waals surface area contributed by atoms with Crippen molar-refractivity contribution in [1.82, 2.24) is 4.90 Å². The smallest absolute Gasteiger partial charge is 0.323 e. The van der Waals surface area contributed by atoms with Crippen molar-refractivity contribution in [3.8, 4) is 0 Å². The fourth-order valence-electron chi connectivity index (χ4n) is 3.64. The van der Waals surface area contributed by atoms with Gasteiger partial charge < -0.3 is 4.74 Å². The van der Waals surface area contributed by atoms with Crippen LogP contribution in [0, 0.1) is 5.82 Å². The molecule has 4 heteroatoms. The van der Waals surface area contributed by atoms with Crippen LogP contribution in [0.3, 0.4) is 0 Å². The first-order chi connectivity index (χ1) is 13.1. The van der Waals surface area contributed by atoms with E-state index in [0.717, 1.165) is 37.1 Å². The fraction of sp³-hybridized carbons (Fsp3) is 0.348. The summed E-state index contributed by atoms with van der Waals surface area (Å²) in [5, 5.41) is 0. The van der Waals surface area contributed by atoms with Gasteiger partial charge in [-0.05, 0) is 55.5 Å². The van der Waals surface area contributed by atoms with Gasteiger partial charge in [-0.2, -0.15) is 0 Å². The van der Waals surface area contributed by atoms with Gasteiger partial charge in [-0.25, -0.2) is 4.39 Å². The number of carbonyl (C=O) groups is 1. The molecule has 0 spiro atoms.